The minimum absolute atomic E-state index is 0.0613. The molecule has 0 saturated carbocycles. The summed E-state index contributed by atoms with van der Waals surface area (Å²) in [7, 11) is -2.32. The number of nitrogens with zero attached hydrogens (tertiary/aromatic N) is 1. The van der Waals surface area contributed by atoms with Crippen LogP contribution in [0.15, 0.2) is 62.9 Å². The van der Waals surface area contributed by atoms with Gasteiger partial charge < -0.3 is 19.2 Å². The molecule has 4 rings (SSSR count). The number of hydrogen-bond acceptors (Lipinski definition) is 7. The Balaban J connectivity index is 1.80. The predicted octanol–water partition coefficient (Wildman–Crippen LogP) is 2.99. The second kappa shape index (κ2) is 6.38. The molecule has 1 N–H and O–H groups in total. The number of hydrogen-bond donors (Lipinski definition) is 1. The first-order valence-electron chi connectivity index (χ1n) is 7.98. The molecule has 26 heavy (non-hydrogen) atoms. The molecule has 8 heteroatoms. The maximum atomic E-state index is 13.1. The van der Waals surface area contributed by atoms with E-state index < -0.39 is 9.84 Å². The number of oxazole rings is 1. The molecule has 0 aliphatic carbocycles. The molecule has 0 amide bonds. The molecule has 134 valence electrons. The molecular weight excluding hydrogens is 356 g/mol. The maximum absolute atomic E-state index is 13.1. The third kappa shape index (κ3) is 2.78. The van der Waals surface area contributed by atoms with Crippen molar-refractivity contribution < 1.29 is 22.3 Å². The average molecular weight is 372 g/mol. The Morgan fingerprint density at radius 1 is 1.00 bits per heavy atom. The van der Waals surface area contributed by atoms with E-state index in [9.17, 15) is 8.42 Å². The van der Waals surface area contributed by atoms with Crippen molar-refractivity contribution in [3.63, 3.8) is 0 Å². The summed E-state index contributed by atoms with van der Waals surface area (Å²) in [4.78, 5) is 4.28. The van der Waals surface area contributed by atoms with Crippen LogP contribution in [0.1, 0.15) is 0 Å². The van der Waals surface area contributed by atoms with Gasteiger partial charge in [0.2, 0.25) is 26.6 Å². The molecule has 1 aliphatic rings. The summed E-state index contributed by atoms with van der Waals surface area (Å²) >= 11 is 0. The molecule has 1 aliphatic heterocycles. The van der Waals surface area contributed by atoms with E-state index >= 15 is 0 Å². The lowest BCUT2D eigenvalue weighted by atomic mass is 10.2. The van der Waals surface area contributed by atoms with Crippen LogP contribution in [-0.4, -0.2) is 33.7 Å². The number of anilines is 1. The molecule has 0 spiro atoms. The first kappa shape index (κ1) is 16.5. The third-order valence-corrected chi connectivity index (χ3v) is 5.58. The van der Waals surface area contributed by atoms with E-state index in [1.165, 1.54) is 12.1 Å². The second-order valence-electron chi connectivity index (χ2n) is 5.58. The van der Waals surface area contributed by atoms with Crippen LogP contribution in [0.2, 0.25) is 0 Å². The van der Waals surface area contributed by atoms with E-state index in [-0.39, 0.29) is 21.7 Å². The molecule has 0 unspecified atom stereocenters. The smallest absolute Gasteiger partial charge is 0.233 e. The quantitative estimate of drug-likeness (QED) is 0.753. The van der Waals surface area contributed by atoms with Gasteiger partial charge in [0.25, 0.3) is 0 Å². The van der Waals surface area contributed by atoms with Crippen LogP contribution in [0.3, 0.4) is 0 Å². The number of nitrogens with one attached hydrogen (secondary N) is 1. The lowest BCUT2D eigenvalue weighted by Crippen LogP contribution is -2.16. The lowest BCUT2D eigenvalue weighted by molar-refractivity contribution is 0.171. The van der Waals surface area contributed by atoms with E-state index in [2.05, 4.69) is 10.3 Å². The maximum Gasteiger partial charge on any atom is 0.233 e. The Morgan fingerprint density at radius 3 is 2.46 bits per heavy atom. The number of benzene rings is 2. The van der Waals surface area contributed by atoms with Gasteiger partial charge in [-0.25, -0.2) is 8.42 Å². The van der Waals surface area contributed by atoms with Crippen molar-refractivity contribution in [2.45, 2.75) is 9.92 Å². The Kier molecular flexibility index (Phi) is 4.04. The molecule has 0 atom stereocenters. The number of ether oxygens (including phenoxy) is 2. The van der Waals surface area contributed by atoms with Gasteiger partial charge in [-0.1, -0.05) is 18.2 Å². The zero-order chi connectivity index (χ0) is 18.1. The monoisotopic (exact) mass is 372 g/mol. The van der Waals surface area contributed by atoms with Crippen molar-refractivity contribution in [3.8, 4) is 23.0 Å². The van der Waals surface area contributed by atoms with Crippen molar-refractivity contribution in [1.82, 2.24) is 4.98 Å². The summed E-state index contributed by atoms with van der Waals surface area (Å²) in [5.74, 6) is 1.23. The minimum Gasteiger partial charge on any atom is -0.486 e. The normalized spacial score (nSPS) is 13.4. The fourth-order valence-corrected chi connectivity index (χ4v) is 3.98. The van der Waals surface area contributed by atoms with Gasteiger partial charge in [0.15, 0.2) is 11.5 Å². The van der Waals surface area contributed by atoms with E-state index in [4.69, 9.17) is 13.9 Å². The molecule has 0 fully saturated rings. The zero-order valence-electron chi connectivity index (χ0n) is 13.9. The summed E-state index contributed by atoms with van der Waals surface area (Å²) < 4.78 is 42.7. The molecule has 1 aromatic heterocycles. The van der Waals surface area contributed by atoms with Gasteiger partial charge >= 0.3 is 0 Å². The van der Waals surface area contributed by atoms with Crippen LogP contribution in [-0.2, 0) is 9.84 Å². The van der Waals surface area contributed by atoms with E-state index in [1.54, 1.807) is 25.2 Å². The first-order valence-corrected chi connectivity index (χ1v) is 9.46. The van der Waals surface area contributed by atoms with Gasteiger partial charge in [-0.3, -0.25) is 0 Å². The van der Waals surface area contributed by atoms with Crippen molar-refractivity contribution >= 4 is 15.7 Å². The van der Waals surface area contributed by atoms with Crippen LogP contribution < -0.4 is 14.8 Å². The molecule has 7 nitrogen and oxygen atoms in total. The van der Waals surface area contributed by atoms with Crippen LogP contribution in [0.5, 0.6) is 11.5 Å². The first-order chi connectivity index (χ1) is 12.6. The van der Waals surface area contributed by atoms with Crippen LogP contribution in [0, 0.1) is 0 Å². The van der Waals surface area contributed by atoms with E-state index in [0.717, 1.165) is 0 Å². The van der Waals surface area contributed by atoms with E-state index in [0.29, 0.717) is 30.3 Å². The summed E-state index contributed by atoms with van der Waals surface area (Å²) in [5.41, 5.74) is 0.688. The van der Waals surface area contributed by atoms with Gasteiger partial charge in [0.05, 0.1) is 4.90 Å². The van der Waals surface area contributed by atoms with Crippen molar-refractivity contribution in [2.75, 3.05) is 25.6 Å². The third-order valence-electron chi connectivity index (χ3n) is 3.92. The van der Waals surface area contributed by atoms with E-state index in [1.807, 2.05) is 18.2 Å². The Hall–Kier alpha value is -3.00. The zero-order valence-corrected chi connectivity index (χ0v) is 14.7. The van der Waals surface area contributed by atoms with Crippen molar-refractivity contribution in [2.24, 2.45) is 0 Å². The highest BCUT2D eigenvalue weighted by atomic mass is 32.2. The summed E-state index contributed by atoms with van der Waals surface area (Å²) in [6, 6.07) is 13.6. The van der Waals surface area contributed by atoms with Crippen LogP contribution >= 0.6 is 0 Å². The summed E-state index contributed by atoms with van der Waals surface area (Å²) in [6.07, 6.45) is 0. The SMILES string of the molecule is CNc1oc(-c2ccccc2)nc1S(=O)(=O)c1ccc2c(c1)OCCO2. The standard InChI is InChI=1S/C18H16N2O5S/c1-19-17-18(20-16(25-17)12-5-3-2-4-6-12)26(21,22)13-7-8-14-15(11-13)24-10-9-23-14/h2-8,11,19H,9-10H2,1H3. The fourth-order valence-electron chi connectivity index (χ4n) is 2.65. The highest BCUT2D eigenvalue weighted by molar-refractivity contribution is 7.91. The Bertz CT molecular complexity index is 1040. The predicted molar refractivity (Wildman–Crippen MR) is 94.4 cm³/mol. The topological polar surface area (TPSA) is 90.7 Å². The number of sulfone groups is 1. The summed E-state index contributed by atoms with van der Waals surface area (Å²) in [5, 5.41) is 2.59. The molecular formula is C18H16N2O5S. The average Bonchev–Trinajstić information content (AvgIpc) is 3.14. The molecule has 0 bridgehead atoms. The number of aromatic nitrogens is 1. The molecule has 0 radical (unpaired) electrons. The largest absolute Gasteiger partial charge is 0.486 e. The number of fused-ring (bicyclic) bond motifs is 1. The Labute approximate surface area is 150 Å². The lowest BCUT2D eigenvalue weighted by Gasteiger charge is -2.18. The molecule has 2 heterocycles. The van der Waals surface area contributed by atoms with Crippen molar-refractivity contribution in [1.29, 1.82) is 0 Å². The highest BCUT2D eigenvalue weighted by Gasteiger charge is 2.29. The van der Waals surface area contributed by atoms with Gasteiger partial charge in [-0.2, -0.15) is 4.98 Å². The highest BCUT2D eigenvalue weighted by Crippen LogP contribution is 2.36. The fraction of sp³-hybridized carbons (Fsp3) is 0.167. The second-order valence-corrected chi connectivity index (χ2v) is 7.44. The van der Waals surface area contributed by atoms with Crippen LogP contribution in [0.4, 0.5) is 5.88 Å². The Morgan fingerprint density at radius 2 is 1.73 bits per heavy atom. The van der Waals surface area contributed by atoms with Gasteiger partial charge in [-0.15, -0.1) is 0 Å². The molecule has 3 aromatic rings. The van der Waals surface area contributed by atoms with Crippen molar-refractivity contribution in [3.05, 3.63) is 48.5 Å². The molecule has 0 saturated heterocycles. The minimum atomic E-state index is -3.91. The van der Waals surface area contributed by atoms with Gasteiger partial charge in [-0.05, 0) is 24.3 Å². The van der Waals surface area contributed by atoms with Gasteiger partial charge in [0, 0.05) is 18.7 Å². The van der Waals surface area contributed by atoms with Crippen LogP contribution in [0.25, 0.3) is 11.5 Å². The molecule has 2 aromatic carbocycles. The number of rotatable bonds is 4. The van der Waals surface area contributed by atoms with Gasteiger partial charge in [0.1, 0.15) is 13.2 Å². The summed E-state index contributed by atoms with van der Waals surface area (Å²) in [6.45, 7) is 0.813.